The average Bonchev–Trinajstić information content (AvgIpc) is 2.31. The van der Waals surface area contributed by atoms with Gasteiger partial charge in [0.25, 0.3) is 0 Å². The number of aromatic nitrogens is 1. The average molecular weight is 221 g/mol. The first-order valence-corrected chi connectivity index (χ1v) is 6.08. The number of aryl methyl sites for hydroxylation is 1. The van der Waals surface area contributed by atoms with Gasteiger partial charge in [-0.1, -0.05) is 20.8 Å². The second-order valence-electron chi connectivity index (χ2n) is 4.36. The zero-order valence-electron chi connectivity index (χ0n) is 10.8. The topological polar surface area (TPSA) is 50.9 Å². The van der Waals surface area contributed by atoms with Gasteiger partial charge >= 0.3 is 0 Å². The number of nitrogens with zero attached hydrogens (tertiary/aromatic N) is 1. The first-order valence-electron chi connectivity index (χ1n) is 6.08. The van der Waals surface area contributed by atoms with Crippen LogP contribution in [0.15, 0.2) is 12.1 Å². The highest BCUT2D eigenvalue weighted by molar-refractivity contribution is 5.62. The van der Waals surface area contributed by atoms with E-state index in [0.29, 0.717) is 0 Å². The van der Waals surface area contributed by atoms with Gasteiger partial charge in [0, 0.05) is 11.2 Å². The molecule has 90 valence electrons. The molecule has 0 unspecified atom stereocenters. The number of nitrogens with one attached hydrogen (secondary N) is 1. The molecule has 3 N–H and O–H groups in total. The summed E-state index contributed by atoms with van der Waals surface area (Å²) in [4.78, 5) is 4.47. The second kappa shape index (κ2) is 5.19. The van der Waals surface area contributed by atoms with Gasteiger partial charge in [-0.3, -0.25) is 0 Å². The Morgan fingerprint density at radius 2 is 1.75 bits per heavy atom. The van der Waals surface area contributed by atoms with Crippen molar-refractivity contribution in [1.82, 2.24) is 4.98 Å². The highest BCUT2D eigenvalue weighted by Crippen LogP contribution is 2.27. The SMILES string of the molecule is CCC(CC)(CC)Nc1nc(C)ccc1N. The minimum Gasteiger partial charge on any atom is -0.396 e. The van der Waals surface area contributed by atoms with E-state index < -0.39 is 0 Å². The molecule has 0 bridgehead atoms. The molecule has 0 aliphatic carbocycles. The third-order valence-electron chi connectivity index (χ3n) is 3.48. The van der Waals surface area contributed by atoms with Crippen molar-refractivity contribution < 1.29 is 0 Å². The molecular formula is C13H23N3. The van der Waals surface area contributed by atoms with Crippen LogP contribution in [0.2, 0.25) is 0 Å². The molecule has 1 aromatic heterocycles. The Morgan fingerprint density at radius 3 is 2.25 bits per heavy atom. The van der Waals surface area contributed by atoms with Crippen LogP contribution in [0.1, 0.15) is 45.7 Å². The lowest BCUT2D eigenvalue weighted by atomic mass is 9.90. The summed E-state index contributed by atoms with van der Waals surface area (Å²) in [5, 5.41) is 3.51. The van der Waals surface area contributed by atoms with Crippen molar-refractivity contribution in [3.05, 3.63) is 17.8 Å². The standard InChI is InChI=1S/C13H23N3/c1-5-13(6-2,7-3)16-12-11(14)9-8-10(4)15-12/h8-9H,5-7,14H2,1-4H3,(H,15,16). The molecule has 3 heteroatoms. The molecule has 0 amide bonds. The molecule has 0 saturated carbocycles. The number of hydrogen-bond acceptors (Lipinski definition) is 3. The van der Waals surface area contributed by atoms with E-state index >= 15 is 0 Å². The summed E-state index contributed by atoms with van der Waals surface area (Å²) in [5.74, 6) is 0.825. The van der Waals surface area contributed by atoms with E-state index in [-0.39, 0.29) is 5.54 Å². The third-order valence-corrected chi connectivity index (χ3v) is 3.48. The fraction of sp³-hybridized carbons (Fsp3) is 0.615. The molecule has 0 aromatic carbocycles. The molecule has 0 aliphatic heterocycles. The number of anilines is 2. The maximum atomic E-state index is 5.94. The molecule has 0 saturated heterocycles. The molecular weight excluding hydrogens is 198 g/mol. The van der Waals surface area contributed by atoms with Crippen molar-refractivity contribution in [2.24, 2.45) is 0 Å². The predicted molar refractivity (Wildman–Crippen MR) is 70.6 cm³/mol. The van der Waals surface area contributed by atoms with Gasteiger partial charge in [-0.15, -0.1) is 0 Å². The Bertz CT molecular complexity index is 335. The quantitative estimate of drug-likeness (QED) is 0.801. The van der Waals surface area contributed by atoms with Gasteiger partial charge in [0.05, 0.1) is 5.69 Å². The van der Waals surface area contributed by atoms with E-state index in [1.807, 2.05) is 19.1 Å². The molecule has 1 rings (SSSR count). The van der Waals surface area contributed by atoms with Crippen LogP contribution < -0.4 is 11.1 Å². The molecule has 0 spiro atoms. The van der Waals surface area contributed by atoms with Gasteiger partial charge in [-0.25, -0.2) is 4.98 Å². The van der Waals surface area contributed by atoms with Crippen molar-refractivity contribution in [3.8, 4) is 0 Å². The van der Waals surface area contributed by atoms with E-state index in [9.17, 15) is 0 Å². The molecule has 16 heavy (non-hydrogen) atoms. The van der Waals surface area contributed by atoms with Crippen LogP contribution in [0.25, 0.3) is 0 Å². The van der Waals surface area contributed by atoms with Crippen molar-refractivity contribution in [1.29, 1.82) is 0 Å². The summed E-state index contributed by atoms with van der Waals surface area (Å²) in [5.41, 5.74) is 7.78. The van der Waals surface area contributed by atoms with Crippen molar-refractivity contribution in [2.45, 2.75) is 52.5 Å². The third kappa shape index (κ3) is 2.65. The van der Waals surface area contributed by atoms with Crippen molar-refractivity contribution >= 4 is 11.5 Å². The van der Waals surface area contributed by atoms with Crippen LogP contribution in [0.4, 0.5) is 11.5 Å². The Labute approximate surface area is 98.5 Å². The smallest absolute Gasteiger partial charge is 0.149 e. The van der Waals surface area contributed by atoms with Gasteiger partial charge in [0.2, 0.25) is 0 Å². The zero-order chi connectivity index (χ0) is 12.2. The minimum absolute atomic E-state index is 0.120. The maximum Gasteiger partial charge on any atom is 0.149 e. The van der Waals surface area contributed by atoms with Gasteiger partial charge in [-0.05, 0) is 38.3 Å². The summed E-state index contributed by atoms with van der Waals surface area (Å²) in [6.07, 6.45) is 3.24. The molecule has 3 nitrogen and oxygen atoms in total. The Hall–Kier alpha value is -1.25. The van der Waals surface area contributed by atoms with E-state index in [1.54, 1.807) is 0 Å². The molecule has 0 radical (unpaired) electrons. The lowest BCUT2D eigenvalue weighted by Gasteiger charge is -2.33. The lowest BCUT2D eigenvalue weighted by molar-refractivity contribution is 0.419. The van der Waals surface area contributed by atoms with Gasteiger partial charge in [0.15, 0.2) is 0 Å². The number of rotatable bonds is 5. The van der Waals surface area contributed by atoms with Crippen LogP contribution in [0.5, 0.6) is 0 Å². The predicted octanol–water partition coefficient (Wildman–Crippen LogP) is 3.35. The van der Waals surface area contributed by atoms with E-state index in [4.69, 9.17) is 5.73 Å². The van der Waals surface area contributed by atoms with Crippen LogP contribution in [-0.2, 0) is 0 Å². The Morgan fingerprint density at radius 1 is 1.19 bits per heavy atom. The summed E-state index contributed by atoms with van der Waals surface area (Å²) in [6, 6.07) is 3.85. The molecule has 1 aromatic rings. The van der Waals surface area contributed by atoms with Crippen molar-refractivity contribution in [3.63, 3.8) is 0 Å². The Balaban J connectivity index is 2.97. The first-order chi connectivity index (χ1) is 7.56. The zero-order valence-corrected chi connectivity index (χ0v) is 10.8. The van der Waals surface area contributed by atoms with Crippen LogP contribution >= 0.6 is 0 Å². The lowest BCUT2D eigenvalue weighted by Crippen LogP contribution is -2.36. The van der Waals surface area contributed by atoms with Gasteiger partial charge < -0.3 is 11.1 Å². The summed E-state index contributed by atoms with van der Waals surface area (Å²) < 4.78 is 0. The number of nitrogen functional groups attached to an aromatic ring is 1. The van der Waals surface area contributed by atoms with Crippen molar-refractivity contribution in [2.75, 3.05) is 11.1 Å². The first kappa shape index (κ1) is 12.8. The van der Waals surface area contributed by atoms with Gasteiger partial charge in [0.1, 0.15) is 5.82 Å². The number of hydrogen-bond donors (Lipinski definition) is 2. The molecule has 0 fully saturated rings. The van der Waals surface area contributed by atoms with Gasteiger partial charge in [-0.2, -0.15) is 0 Å². The fourth-order valence-corrected chi connectivity index (χ4v) is 1.93. The number of nitrogens with two attached hydrogens (primary N) is 1. The number of pyridine rings is 1. The maximum absolute atomic E-state index is 5.94. The largest absolute Gasteiger partial charge is 0.396 e. The molecule has 1 heterocycles. The summed E-state index contributed by atoms with van der Waals surface area (Å²) >= 11 is 0. The van der Waals surface area contributed by atoms with E-state index in [2.05, 4.69) is 31.1 Å². The minimum atomic E-state index is 0.120. The highest BCUT2D eigenvalue weighted by atomic mass is 15.1. The molecule has 0 aliphatic rings. The van der Waals surface area contributed by atoms with E-state index in [1.165, 1.54) is 0 Å². The Kier molecular flexibility index (Phi) is 4.16. The normalized spacial score (nSPS) is 11.5. The van der Waals surface area contributed by atoms with Crippen LogP contribution in [0.3, 0.4) is 0 Å². The van der Waals surface area contributed by atoms with E-state index in [0.717, 1.165) is 36.5 Å². The second-order valence-corrected chi connectivity index (χ2v) is 4.36. The highest BCUT2D eigenvalue weighted by Gasteiger charge is 2.24. The summed E-state index contributed by atoms with van der Waals surface area (Å²) in [6.45, 7) is 8.58. The van der Waals surface area contributed by atoms with Crippen LogP contribution in [-0.4, -0.2) is 10.5 Å². The van der Waals surface area contributed by atoms with Crippen LogP contribution in [0, 0.1) is 6.92 Å². The monoisotopic (exact) mass is 221 g/mol. The fourth-order valence-electron chi connectivity index (χ4n) is 1.93. The molecule has 0 atom stereocenters. The summed E-state index contributed by atoms with van der Waals surface area (Å²) in [7, 11) is 0.